The van der Waals surface area contributed by atoms with Crippen LogP contribution in [0.5, 0.6) is 0 Å². The summed E-state index contributed by atoms with van der Waals surface area (Å²) in [5.74, 6) is 0. The van der Waals surface area contributed by atoms with Gasteiger partial charge < -0.3 is 0 Å². The first-order valence-electron chi connectivity index (χ1n) is 2.67. The maximum atomic E-state index is 9.38. The molecule has 2 radical (unpaired) electrons. The van der Waals surface area contributed by atoms with Gasteiger partial charge in [0, 0.05) is 0 Å². The Morgan fingerprint density at radius 1 is 0.450 bits per heavy atom. The minimum absolute atomic E-state index is 0. The fourth-order valence-corrected chi connectivity index (χ4v) is 3.47. The molecule has 0 saturated carbocycles. The average Bonchev–Trinajstić information content (AvgIpc) is 1.64. The summed E-state index contributed by atoms with van der Waals surface area (Å²) in [6, 6.07) is 0. The van der Waals surface area contributed by atoms with E-state index >= 15 is 0 Å². The van der Waals surface area contributed by atoms with E-state index in [-0.39, 0.29) is 34.1 Å². The van der Waals surface area contributed by atoms with Crippen molar-refractivity contribution in [2.75, 3.05) is 0 Å². The SMILES string of the molecule is [Cu+2].[Cu+2].[O]=[Cr](=[O])([O-])[O][Cr](=[O])(=[O])[O-].[O]=[Cr](=[O])([O-])[O][Cr](=[O])(=[O])[O-]. The van der Waals surface area contributed by atoms with E-state index < -0.39 is 54.5 Å². The molecule has 0 saturated heterocycles. The van der Waals surface area contributed by atoms with E-state index in [0.29, 0.717) is 0 Å². The van der Waals surface area contributed by atoms with Gasteiger partial charge in [0.2, 0.25) is 0 Å². The quantitative estimate of drug-likeness (QED) is 0.291. The summed E-state index contributed by atoms with van der Waals surface area (Å²) in [6.07, 6.45) is 0. The average molecular weight is 559 g/mol. The van der Waals surface area contributed by atoms with Crippen molar-refractivity contribution in [1.82, 2.24) is 0 Å². The Labute approximate surface area is 140 Å². The Morgan fingerprint density at radius 2 is 0.550 bits per heavy atom. The molecule has 20 heteroatoms. The molecule has 0 bridgehead atoms. The molecule has 14 nitrogen and oxygen atoms in total. The van der Waals surface area contributed by atoms with Gasteiger partial charge in [0.1, 0.15) is 0 Å². The maximum absolute atomic E-state index is 9.38. The summed E-state index contributed by atoms with van der Waals surface area (Å²) in [6.45, 7) is 0. The zero-order valence-corrected chi connectivity index (χ0v) is 14.9. The predicted octanol–water partition coefficient (Wildman–Crippen LogP) is -5.86. The van der Waals surface area contributed by atoms with Gasteiger partial charge in [-0.1, -0.05) is 0 Å². The van der Waals surface area contributed by atoms with Gasteiger partial charge in [-0.05, 0) is 0 Å². The molecule has 0 fully saturated rings. The molecular weight excluding hydrogens is 559 g/mol. The molecule has 0 rings (SSSR count). The Kier molecular flexibility index (Phi) is 14.9. The van der Waals surface area contributed by atoms with E-state index in [1.54, 1.807) is 0 Å². The van der Waals surface area contributed by atoms with Gasteiger partial charge in [-0.3, -0.25) is 0 Å². The molecule has 0 aliphatic carbocycles. The fraction of sp³-hybridized carbons (Fsp3) is 0. The van der Waals surface area contributed by atoms with Gasteiger partial charge in [0.15, 0.2) is 0 Å². The summed E-state index contributed by atoms with van der Waals surface area (Å²) in [5, 5.41) is 0. The number of hydrogen-bond acceptors (Lipinski definition) is 14. The van der Waals surface area contributed by atoms with E-state index in [0.717, 1.165) is 0 Å². The van der Waals surface area contributed by atoms with Gasteiger partial charge in [-0.25, -0.2) is 0 Å². The molecule has 0 aliphatic rings. The van der Waals surface area contributed by atoms with Crippen LogP contribution in [0, 0.1) is 0 Å². The van der Waals surface area contributed by atoms with E-state index in [1.807, 2.05) is 0 Å². The number of hydrogen-bond donors (Lipinski definition) is 0. The van der Waals surface area contributed by atoms with E-state index in [4.69, 9.17) is 0 Å². The van der Waals surface area contributed by atoms with Crippen molar-refractivity contribution >= 4 is 0 Å². The van der Waals surface area contributed by atoms with Crippen LogP contribution in [0.15, 0.2) is 0 Å². The Hall–Kier alpha value is 1.33. The second kappa shape index (κ2) is 10.2. The van der Waals surface area contributed by atoms with E-state index in [9.17, 15) is 47.1 Å². The molecule has 0 aliphatic heterocycles. The summed E-state index contributed by atoms with van der Waals surface area (Å²) in [4.78, 5) is 0. The standard InChI is InChI=1S/4Cr.2Cu.14O/q;;;;2*+2;;;;;;;;;;;4*-1. The van der Waals surface area contributed by atoms with Crippen LogP contribution in [-0.4, -0.2) is 0 Å². The molecule has 0 aromatic carbocycles. The van der Waals surface area contributed by atoms with E-state index in [2.05, 4.69) is 5.68 Å². The third kappa shape index (κ3) is 36.6. The monoisotopic (exact) mass is 558 g/mol. The minimum atomic E-state index is -6.07. The molecule has 0 N–H and O–H groups in total. The van der Waals surface area contributed by atoms with Crippen LogP contribution in [-0.2, 0) is 125 Å². The molecule has 0 amide bonds. The molecular formula is Cr4Cu2O14. The van der Waals surface area contributed by atoms with Crippen LogP contribution >= 0.6 is 0 Å². The van der Waals surface area contributed by atoms with Crippen molar-refractivity contribution in [3.63, 3.8) is 0 Å². The molecule has 0 aromatic rings. The molecule has 20 heavy (non-hydrogen) atoms. The Morgan fingerprint density at radius 3 is 0.550 bits per heavy atom. The van der Waals surface area contributed by atoms with Crippen molar-refractivity contribution in [1.29, 1.82) is 0 Å². The van der Waals surface area contributed by atoms with Crippen molar-refractivity contribution < 1.29 is 141 Å². The van der Waals surface area contributed by atoms with Gasteiger partial charge in [-0.2, -0.15) is 0 Å². The first-order valence-corrected chi connectivity index (χ1v) is 11.0. The van der Waals surface area contributed by atoms with Gasteiger partial charge in [0.25, 0.3) is 0 Å². The number of rotatable bonds is 4. The van der Waals surface area contributed by atoms with Crippen LogP contribution in [0.25, 0.3) is 0 Å². The first kappa shape index (κ1) is 29.4. The van der Waals surface area contributed by atoms with Crippen LogP contribution < -0.4 is 16.6 Å². The molecule has 0 spiro atoms. The Balaban J connectivity index is -0.000000116. The molecule has 130 valence electrons. The zero-order chi connectivity index (χ0) is 15.4. The summed E-state index contributed by atoms with van der Waals surface area (Å²) in [7, 11) is 0. The van der Waals surface area contributed by atoms with E-state index in [1.165, 1.54) is 0 Å². The van der Waals surface area contributed by atoms with Crippen molar-refractivity contribution in [3.05, 3.63) is 0 Å². The summed E-state index contributed by atoms with van der Waals surface area (Å²) in [5.41, 5.74) is 0. The molecule has 0 aromatic heterocycles. The van der Waals surface area contributed by atoms with Crippen molar-refractivity contribution in [2.45, 2.75) is 0 Å². The van der Waals surface area contributed by atoms with Crippen molar-refractivity contribution in [2.24, 2.45) is 0 Å². The molecule has 0 heterocycles. The molecule has 0 atom stereocenters. The second-order valence-corrected chi connectivity index (χ2v) is 9.05. The topological polar surface area (TPSA) is 247 Å². The van der Waals surface area contributed by atoms with Crippen molar-refractivity contribution in [3.8, 4) is 0 Å². The fourth-order valence-electron chi connectivity index (χ4n) is 0.204. The van der Waals surface area contributed by atoms with Gasteiger partial charge in [0.05, 0.1) is 0 Å². The third-order valence-corrected chi connectivity index (χ3v) is 5.67. The van der Waals surface area contributed by atoms with Crippen LogP contribution in [0.2, 0.25) is 0 Å². The zero-order valence-electron chi connectivity index (χ0n) is 7.95. The summed E-state index contributed by atoms with van der Waals surface area (Å²) >= 11 is -24.3. The molecule has 0 unspecified atom stereocenters. The van der Waals surface area contributed by atoms with Gasteiger partial charge in [-0.15, -0.1) is 0 Å². The third-order valence-electron chi connectivity index (χ3n) is 0.333. The predicted molar refractivity (Wildman–Crippen MR) is 7.66 cm³/mol. The van der Waals surface area contributed by atoms with Gasteiger partial charge >= 0.3 is 141 Å². The van der Waals surface area contributed by atoms with Crippen LogP contribution in [0.1, 0.15) is 0 Å². The normalized spacial score (nSPS) is 12.2. The van der Waals surface area contributed by atoms with Crippen LogP contribution in [0.4, 0.5) is 0 Å². The van der Waals surface area contributed by atoms with Crippen LogP contribution in [0.3, 0.4) is 0 Å². The Bertz CT molecular complexity index is 535. The first-order chi connectivity index (χ1) is 7.41. The summed E-state index contributed by atoms with van der Waals surface area (Å²) < 4.78 is 118. The second-order valence-electron chi connectivity index (χ2n) is 1.77.